The monoisotopic (exact) mass is 249 g/mol. The molecular weight excluding hydrogens is 222 g/mol. The molecule has 18 heavy (non-hydrogen) atoms. The highest BCUT2D eigenvalue weighted by molar-refractivity contribution is 5.49. The van der Waals surface area contributed by atoms with Crippen molar-refractivity contribution >= 4 is 0 Å². The van der Waals surface area contributed by atoms with E-state index >= 15 is 0 Å². The summed E-state index contributed by atoms with van der Waals surface area (Å²) in [5.74, 6) is 1.00. The first-order valence-corrected chi connectivity index (χ1v) is 6.52. The lowest BCUT2D eigenvalue weighted by Crippen LogP contribution is -2.35. The minimum absolute atomic E-state index is 0.0759. The van der Waals surface area contributed by atoms with Crippen LogP contribution in [0.5, 0.6) is 5.75 Å². The Balaban J connectivity index is 3.40. The number of nitrogens with two attached hydrogens (primary N) is 1. The van der Waals surface area contributed by atoms with Crippen molar-refractivity contribution < 1.29 is 4.74 Å². The van der Waals surface area contributed by atoms with E-state index in [-0.39, 0.29) is 11.0 Å². The highest BCUT2D eigenvalue weighted by atomic mass is 16.5. The Hall–Kier alpha value is -1.02. The van der Waals surface area contributed by atoms with Gasteiger partial charge < -0.3 is 10.5 Å². The predicted octanol–water partition coefficient (Wildman–Crippen LogP) is 3.58. The van der Waals surface area contributed by atoms with E-state index in [1.54, 1.807) is 7.11 Å². The number of aryl methyl sites for hydroxylation is 1. The fraction of sp³-hybridized carbons (Fsp3) is 0.625. The van der Waals surface area contributed by atoms with E-state index in [0.29, 0.717) is 0 Å². The van der Waals surface area contributed by atoms with Crippen LogP contribution in [-0.4, -0.2) is 12.6 Å². The number of rotatable bonds is 3. The van der Waals surface area contributed by atoms with Crippen LogP contribution in [0.2, 0.25) is 0 Å². The highest BCUT2D eigenvalue weighted by Gasteiger charge is 2.24. The van der Waals surface area contributed by atoms with Crippen LogP contribution < -0.4 is 10.5 Å². The predicted molar refractivity (Wildman–Crippen MR) is 78.4 cm³/mol. The molecule has 0 radical (unpaired) electrons. The van der Waals surface area contributed by atoms with E-state index in [9.17, 15) is 0 Å². The smallest absolute Gasteiger partial charge is 0.126 e. The third-order valence-corrected chi connectivity index (χ3v) is 3.14. The molecule has 1 aromatic carbocycles. The van der Waals surface area contributed by atoms with Crippen molar-refractivity contribution in [1.82, 2.24) is 0 Å². The third kappa shape index (κ3) is 3.49. The molecule has 0 saturated carbocycles. The lowest BCUT2D eigenvalue weighted by atomic mass is 9.82. The largest absolute Gasteiger partial charge is 0.496 e. The fourth-order valence-corrected chi connectivity index (χ4v) is 2.23. The molecule has 2 N–H and O–H groups in total. The second-order valence-electron chi connectivity index (χ2n) is 6.86. The Labute approximate surface area is 112 Å². The fourth-order valence-electron chi connectivity index (χ4n) is 2.23. The highest BCUT2D eigenvalue weighted by Crippen LogP contribution is 2.36. The van der Waals surface area contributed by atoms with Gasteiger partial charge in [0.2, 0.25) is 0 Å². The van der Waals surface area contributed by atoms with Crippen molar-refractivity contribution in [3.8, 4) is 5.75 Å². The van der Waals surface area contributed by atoms with Crippen LogP contribution in [0.1, 0.15) is 51.3 Å². The first kappa shape index (κ1) is 15.0. The van der Waals surface area contributed by atoms with Crippen LogP contribution >= 0.6 is 0 Å². The molecule has 0 atom stereocenters. The Morgan fingerprint density at radius 2 is 1.67 bits per heavy atom. The maximum Gasteiger partial charge on any atom is 0.126 e. The average Bonchev–Trinajstić information content (AvgIpc) is 2.17. The lowest BCUT2D eigenvalue weighted by molar-refractivity contribution is 0.385. The van der Waals surface area contributed by atoms with E-state index in [4.69, 9.17) is 10.5 Å². The molecule has 1 aromatic rings. The van der Waals surface area contributed by atoms with Gasteiger partial charge in [0.1, 0.15) is 5.75 Å². The topological polar surface area (TPSA) is 35.2 Å². The van der Waals surface area contributed by atoms with Gasteiger partial charge in [-0.25, -0.2) is 0 Å². The summed E-state index contributed by atoms with van der Waals surface area (Å²) in [6.45, 7) is 12.8. The number of hydrogen-bond acceptors (Lipinski definition) is 2. The van der Waals surface area contributed by atoms with Crippen molar-refractivity contribution in [3.63, 3.8) is 0 Å². The van der Waals surface area contributed by atoms with Crippen molar-refractivity contribution in [2.24, 2.45) is 5.73 Å². The van der Waals surface area contributed by atoms with Crippen LogP contribution in [0.15, 0.2) is 12.1 Å². The second-order valence-corrected chi connectivity index (χ2v) is 6.86. The maximum absolute atomic E-state index is 6.16. The zero-order valence-corrected chi connectivity index (χ0v) is 12.8. The summed E-state index contributed by atoms with van der Waals surface area (Å²) in [4.78, 5) is 0. The van der Waals surface area contributed by atoms with E-state index in [1.165, 1.54) is 16.7 Å². The van der Waals surface area contributed by atoms with E-state index in [1.807, 2.05) is 0 Å². The lowest BCUT2D eigenvalue weighted by Gasteiger charge is -2.27. The van der Waals surface area contributed by atoms with Crippen molar-refractivity contribution in [2.75, 3.05) is 7.11 Å². The average molecular weight is 249 g/mol. The molecule has 0 amide bonds. The van der Waals surface area contributed by atoms with Gasteiger partial charge in [-0.15, -0.1) is 0 Å². The van der Waals surface area contributed by atoms with E-state index < -0.39 is 0 Å². The molecule has 0 fully saturated rings. The Morgan fingerprint density at radius 1 is 1.11 bits per heavy atom. The van der Waals surface area contributed by atoms with Crippen molar-refractivity contribution in [2.45, 2.75) is 58.9 Å². The van der Waals surface area contributed by atoms with Crippen LogP contribution in [0.3, 0.4) is 0 Å². The molecule has 1 rings (SSSR count). The molecule has 0 aliphatic carbocycles. The quantitative estimate of drug-likeness (QED) is 0.888. The summed E-state index contributed by atoms with van der Waals surface area (Å²) in [5, 5.41) is 0. The molecule has 2 nitrogen and oxygen atoms in total. The van der Waals surface area contributed by atoms with Gasteiger partial charge in [0.25, 0.3) is 0 Å². The van der Waals surface area contributed by atoms with Gasteiger partial charge in [0, 0.05) is 5.54 Å². The second kappa shape index (κ2) is 4.93. The summed E-state index contributed by atoms with van der Waals surface area (Å²) in [6.07, 6.45) is 0.825. The van der Waals surface area contributed by atoms with E-state index in [2.05, 4.69) is 53.7 Å². The Bertz CT molecular complexity index is 422. The maximum atomic E-state index is 6.16. The molecule has 0 bridgehead atoms. The summed E-state index contributed by atoms with van der Waals surface area (Å²) < 4.78 is 5.67. The molecule has 0 aliphatic rings. The van der Waals surface area contributed by atoms with Crippen molar-refractivity contribution in [3.05, 3.63) is 28.8 Å². The van der Waals surface area contributed by atoms with Crippen LogP contribution in [0.25, 0.3) is 0 Å². The van der Waals surface area contributed by atoms with Crippen LogP contribution in [-0.2, 0) is 11.8 Å². The molecule has 0 aliphatic heterocycles. The minimum Gasteiger partial charge on any atom is -0.496 e. The summed E-state index contributed by atoms with van der Waals surface area (Å²) in [5.41, 5.74) is 9.74. The van der Waals surface area contributed by atoms with Crippen LogP contribution in [0.4, 0.5) is 0 Å². The summed E-state index contributed by atoms with van der Waals surface area (Å²) in [6, 6.07) is 4.34. The van der Waals surface area contributed by atoms with E-state index in [0.717, 1.165) is 12.2 Å². The first-order chi connectivity index (χ1) is 8.06. The Kier molecular flexibility index (Phi) is 4.12. The number of methoxy groups -OCH3 is 1. The van der Waals surface area contributed by atoms with Gasteiger partial charge in [-0.05, 0) is 49.3 Å². The summed E-state index contributed by atoms with van der Waals surface area (Å²) >= 11 is 0. The van der Waals surface area contributed by atoms with Gasteiger partial charge in [-0.3, -0.25) is 0 Å². The van der Waals surface area contributed by atoms with Gasteiger partial charge in [-0.2, -0.15) is 0 Å². The molecule has 0 aromatic heterocycles. The molecule has 2 heteroatoms. The molecule has 0 heterocycles. The standard InChI is InChI=1S/C16H27NO/c1-11-8-9-13(15(2,3)4)14(18-7)12(11)10-16(5,6)17/h8-9H,10,17H2,1-7H3. The minimum atomic E-state index is -0.228. The third-order valence-electron chi connectivity index (χ3n) is 3.14. The van der Waals surface area contributed by atoms with Crippen molar-refractivity contribution in [1.29, 1.82) is 0 Å². The molecule has 0 unspecified atom stereocenters. The summed E-state index contributed by atoms with van der Waals surface area (Å²) in [7, 11) is 1.75. The normalized spacial score (nSPS) is 12.7. The molecule has 0 spiro atoms. The first-order valence-electron chi connectivity index (χ1n) is 6.52. The van der Waals surface area contributed by atoms with Gasteiger partial charge in [-0.1, -0.05) is 32.9 Å². The SMILES string of the molecule is COc1c(C(C)(C)C)ccc(C)c1CC(C)(C)N. The van der Waals surface area contributed by atoms with Gasteiger partial charge in [0.05, 0.1) is 7.11 Å². The Morgan fingerprint density at radius 3 is 2.06 bits per heavy atom. The molecule has 102 valence electrons. The van der Waals surface area contributed by atoms with Gasteiger partial charge in [0.15, 0.2) is 0 Å². The zero-order valence-electron chi connectivity index (χ0n) is 12.8. The molecular formula is C16H27NO. The van der Waals surface area contributed by atoms with Gasteiger partial charge >= 0.3 is 0 Å². The van der Waals surface area contributed by atoms with Crippen LogP contribution in [0, 0.1) is 6.92 Å². The number of hydrogen-bond donors (Lipinski definition) is 1. The number of benzene rings is 1. The number of ether oxygens (including phenoxy) is 1. The zero-order chi connectivity index (χ0) is 14.1. The molecule has 0 saturated heterocycles.